The van der Waals surface area contributed by atoms with Crippen molar-refractivity contribution in [1.29, 1.82) is 0 Å². The molecule has 1 atom stereocenters. The van der Waals surface area contributed by atoms with Crippen molar-refractivity contribution >= 4 is 0 Å². The summed E-state index contributed by atoms with van der Waals surface area (Å²) in [6.07, 6.45) is 1.65. The molecular weight excluding hydrogens is 282 g/mol. The third kappa shape index (κ3) is 3.42. The fraction of sp³-hybridized carbons (Fsp3) is 0.533. The summed E-state index contributed by atoms with van der Waals surface area (Å²) in [7, 11) is 1.94. The van der Waals surface area contributed by atoms with Gasteiger partial charge in [-0.2, -0.15) is 0 Å². The van der Waals surface area contributed by atoms with Gasteiger partial charge < -0.3 is 14.0 Å². The molecule has 0 bridgehead atoms. The van der Waals surface area contributed by atoms with E-state index in [9.17, 15) is 0 Å². The molecule has 0 saturated carbocycles. The highest BCUT2D eigenvalue weighted by atomic mass is 16.5. The van der Waals surface area contributed by atoms with Gasteiger partial charge in [-0.1, -0.05) is 6.07 Å². The summed E-state index contributed by atoms with van der Waals surface area (Å²) in [5.74, 6) is 1.54. The Morgan fingerprint density at radius 1 is 1.41 bits per heavy atom. The number of hydrogen-bond acceptors (Lipinski definition) is 6. The second-order valence-corrected chi connectivity index (χ2v) is 5.29. The van der Waals surface area contributed by atoms with E-state index >= 15 is 0 Å². The average molecular weight is 303 g/mol. The Kier molecular flexibility index (Phi) is 4.65. The summed E-state index contributed by atoms with van der Waals surface area (Å²) in [6, 6.07) is 5.89. The molecule has 0 unspecified atom stereocenters. The normalized spacial score (nSPS) is 19.3. The van der Waals surface area contributed by atoms with Gasteiger partial charge in [-0.15, -0.1) is 10.2 Å². The molecule has 2 aromatic heterocycles. The van der Waals surface area contributed by atoms with Crippen LogP contribution in [0.25, 0.3) is 0 Å². The quantitative estimate of drug-likeness (QED) is 0.826. The Morgan fingerprint density at radius 3 is 3.09 bits per heavy atom. The first kappa shape index (κ1) is 14.9. The zero-order chi connectivity index (χ0) is 15.4. The number of nitrogens with zero attached hydrogens (tertiary/aromatic N) is 5. The monoisotopic (exact) mass is 303 g/mol. The number of aryl methyl sites for hydroxylation is 1. The summed E-state index contributed by atoms with van der Waals surface area (Å²) in [4.78, 5) is 6.84. The van der Waals surface area contributed by atoms with Crippen molar-refractivity contribution in [2.24, 2.45) is 7.05 Å². The van der Waals surface area contributed by atoms with E-state index in [2.05, 4.69) is 20.1 Å². The minimum atomic E-state index is -0.0451. The molecule has 0 spiro atoms. The van der Waals surface area contributed by atoms with Gasteiger partial charge in [-0.25, -0.2) is 4.98 Å². The molecule has 22 heavy (non-hydrogen) atoms. The van der Waals surface area contributed by atoms with E-state index in [0.29, 0.717) is 19.1 Å². The second kappa shape index (κ2) is 6.85. The Bertz CT molecular complexity index is 615. The van der Waals surface area contributed by atoms with E-state index in [1.54, 1.807) is 6.33 Å². The molecule has 0 aliphatic carbocycles. The van der Waals surface area contributed by atoms with Crippen LogP contribution in [0.4, 0.5) is 0 Å². The molecule has 1 saturated heterocycles. The third-order valence-electron chi connectivity index (χ3n) is 3.64. The van der Waals surface area contributed by atoms with E-state index in [1.807, 2.05) is 36.7 Å². The maximum atomic E-state index is 5.82. The Morgan fingerprint density at radius 2 is 2.32 bits per heavy atom. The summed E-state index contributed by atoms with van der Waals surface area (Å²) in [5, 5.41) is 8.07. The van der Waals surface area contributed by atoms with Gasteiger partial charge in [0.15, 0.2) is 5.82 Å². The maximum Gasteiger partial charge on any atom is 0.213 e. The van der Waals surface area contributed by atoms with E-state index in [4.69, 9.17) is 9.47 Å². The van der Waals surface area contributed by atoms with E-state index in [-0.39, 0.29) is 6.10 Å². The average Bonchev–Trinajstić information content (AvgIpc) is 2.94. The molecule has 0 amide bonds. The fourth-order valence-corrected chi connectivity index (χ4v) is 2.59. The lowest BCUT2D eigenvalue weighted by Crippen LogP contribution is -2.38. The summed E-state index contributed by atoms with van der Waals surface area (Å²) in [6.45, 7) is 5.72. The van der Waals surface area contributed by atoms with Gasteiger partial charge in [0.05, 0.1) is 18.9 Å². The van der Waals surface area contributed by atoms with Crippen LogP contribution in [0.5, 0.6) is 5.88 Å². The molecule has 1 aliphatic rings. The number of ether oxygens (including phenoxy) is 2. The maximum absolute atomic E-state index is 5.82. The first-order valence-corrected chi connectivity index (χ1v) is 7.53. The van der Waals surface area contributed by atoms with Crippen molar-refractivity contribution in [3.63, 3.8) is 0 Å². The predicted molar refractivity (Wildman–Crippen MR) is 80.4 cm³/mol. The summed E-state index contributed by atoms with van der Waals surface area (Å²) >= 11 is 0. The van der Waals surface area contributed by atoms with Crippen molar-refractivity contribution in [2.75, 3.05) is 26.3 Å². The fourth-order valence-electron chi connectivity index (χ4n) is 2.59. The lowest BCUT2D eigenvalue weighted by Gasteiger charge is -2.32. The number of aromatic nitrogens is 4. The molecule has 0 aromatic carbocycles. The molecule has 0 radical (unpaired) electrons. The zero-order valence-corrected chi connectivity index (χ0v) is 13.0. The minimum Gasteiger partial charge on any atom is -0.478 e. The molecule has 1 aliphatic heterocycles. The number of rotatable bonds is 5. The summed E-state index contributed by atoms with van der Waals surface area (Å²) < 4.78 is 13.2. The standard InChI is InChI=1S/C15H21N5O2/c1-3-21-14-6-4-5-12(17-14)9-20-7-8-22-13(10-20)15-18-16-11-19(15)2/h4-6,11,13H,3,7-10H2,1-2H3/t13-/m1/s1. The Labute approximate surface area is 129 Å². The van der Waals surface area contributed by atoms with Crippen LogP contribution < -0.4 is 4.74 Å². The van der Waals surface area contributed by atoms with Crippen molar-refractivity contribution in [3.8, 4) is 5.88 Å². The van der Waals surface area contributed by atoms with Crippen molar-refractivity contribution in [1.82, 2.24) is 24.6 Å². The van der Waals surface area contributed by atoms with Crippen LogP contribution >= 0.6 is 0 Å². The van der Waals surface area contributed by atoms with Gasteiger partial charge in [0.25, 0.3) is 0 Å². The highest BCUT2D eigenvalue weighted by Crippen LogP contribution is 2.21. The molecule has 3 heterocycles. The van der Waals surface area contributed by atoms with Gasteiger partial charge in [-0.05, 0) is 13.0 Å². The van der Waals surface area contributed by atoms with Crippen LogP contribution in [0.2, 0.25) is 0 Å². The van der Waals surface area contributed by atoms with Crippen molar-refractivity contribution in [2.45, 2.75) is 19.6 Å². The van der Waals surface area contributed by atoms with E-state index in [0.717, 1.165) is 31.2 Å². The van der Waals surface area contributed by atoms with Crippen LogP contribution in [0.1, 0.15) is 24.5 Å². The number of pyridine rings is 1. The molecule has 1 fully saturated rings. The number of morpholine rings is 1. The second-order valence-electron chi connectivity index (χ2n) is 5.29. The number of hydrogen-bond donors (Lipinski definition) is 0. The molecule has 7 heteroatoms. The first-order valence-electron chi connectivity index (χ1n) is 7.53. The van der Waals surface area contributed by atoms with Crippen LogP contribution in [-0.4, -0.2) is 51.0 Å². The summed E-state index contributed by atoms with van der Waals surface area (Å²) in [5.41, 5.74) is 1.00. The SMILES string of the molecule is CCOc1cccc(CN2CCO[C@@H](c3nncn3C)C2)n1. The van der Waals surface area contributed by atoms with Gasteiger partial charge >= 0.3 is 0 Å². The molecule has 0 N–H and O–H groups in total. The molecule has 3 rings (SSSR count). The topological polar surface area (TPSA) is 65.3 Å². The van der Waals surface area contributed by atoms with Crippen LogP contribution in [0.15, 0.2) is 24.5 Å². The zero-order valence-electron chi connectivity index (χ0n) is 13.0. The Hall–Kier alpha value is -1.99. The van der Waals surface area contributed by atoms with Gasteiger partial charge in [0.2, 0.25) is 5.88 Å². The molecule has 118 valence electrons. The highest BCUT2D eigenvalue weighted by molar-refractivity contribution is 5.15. The smallest absolute Gasteiger partial charge is 0.213 e. The van der Waals surface area contributed by atoms with Crippen LogP contribution in [0.3, 0.4) is 0 Å². The van der Waals surface area contributed by atoms with Crippen LogP contribution in [0, 0.1) is 0 Å². The van der Waals surface area contributed by atoms with Crippen molar-refractivity contribution < 1.29 is 9.47 Å². The molecule has 2 aromatic rings. The third-order valence-corrected chi connectivity index (χ3v) is 3.64. The lowest BCUT2D eigenvalue weighted by atomic mass is 10.2. The van der Waals surface area contributed by atoms with E-state index in [1.165, 1.54) is 0 Å². The predicted octanol–water partition coefficient (Wildman–Crippen LogP) is 1.18. The largest absolute Gasteiger partial charge is 0.478 e. The van der Waals surface area contributed by atoms with Gasteiger partial charge in [0.1, 0.15) is 12.4 Å². The van der Waals surface area contributed by atoms with Gasteiger partial charge in [0, 0.05) is 32.7 Å². The molecular formula is C15H21N5O2. The van der Waals surface area contributed by atoms with Crippen LogP contribution in [-0.2, 0) is 18.3 Å². The van der Waals surface area contributed by atoms with E-state index < -0.39 is 0 Å². The van der Waals surface area contributed by atoms with Gasteiger partial charge in [-0.3, -0.25) is 4.90 Å². The van der Waals surface area contributed by atoms with Crippen molar-refractivity contribution in [3.05, 3.63) is 36.0 Å². The Balaban J connectivity index is 1.65. The molecule has 7 nitrogen and oxygen atoms in total. The minimum absolute atomic E-state index is 0.0451. The first-order chi connectivity index (χ1) is 10.8. The lowest BCUT2D eigenvalue weighted by molar-refractivity contribution is -0.0389. The highest BCUT2D eigenvalue weighted by Gasteiger charge is 2.25.